The topological polar surface area (TPSA) is 26.3 Å². The van der Waals surface area contributed by atoms with E-state index in [4.69, 9.17) is 4.74 Å². The molecule has 2 aromatic rings. The lowest BCUT2D eigenvalue weighted by molar-refractivity contribution is 0.104. The van der Waals surface area contributed by atoms with Gasteiger partial charge in [-0.25, -0.2) is 0 Å². The van der Waals surface area contributed by atoms with Crippen molar-refractivity contribution in [3.05, 3.63) is 51.7 Å². The molecule has 0 aliphatic heterocycles. The van der Waals surface area contributed by atoms with Gasteiger partial charge in [0.2, 0.25) is 5.78 Å². The summed E-state index contributed by atoms with van der Waals surface area (Å²) >= 11 is 1.42. The smallest absolute Gasteiger partial charge is 0.203 e. The normalized spacial score (nSPS) is 10.3. The number of aryl methyl sites for hydroxylation is 1. The van der Waals surface area contributed by atoms with E-state index < -0.39 is 0 Å². The summed E-state index contributed by atoms with van der Waals surface area (Å²) in [6.45, 7) is 2.15. The molecule has 0 bridgehead atoms. The van der Waals surface area contributed by atoms with Crippen LogP contribution in [0.2, 0.25) is 0 Å². The quantitative estimate of drug-likeness (QED) is 0.761. The van der Waals surface area contributed by atoms with E-state index in [2.05, 4.69) is 6.92 Å². The molecule has 1 aromatic carbocycles. The van der Waals surface area contributed by atoms with E-state index in [1.807, 2.05) is 29.6 Å². The Hall–Kier alpha value is -1.61. The van der Waals surface area contributed by atoms with Gasteiger partial charge in [-0.2, -0.15) is 0 Å². The molecule has 0 amide bonds. The number of hydrogen-bond acceptors (Lipinski definition) is 3. The van der Waals surface area contributed by atoms with Gasteiger partial charge in [-0.3, -0.25) is 4.79 Å². The van der Waals surface area contributed by atoms with Crippen LogP contribution in [0.1, 0.15) is 34.1 Å². The van der Waals surface area contributed by atoms with E-state index in [1.54, 1.807) is 13.2 Å². The Morgan fingerprint density at radius 1 is 1.28 bits per heavy atom. The lowest BCUT2D eigenvalue weighted by Crippen LogP contribution is -1.98. The molecular formula is C15H16O2S. The van der Waals surface area contributed by atoms with E-state index >= 15 is 0 Å². The second-order valence-electron chi connectivity index (χ2n) is 4.13. The zero-order valence-corrected chi connectivity index (χ0v) is 11.4. The van der Waals surface area contributed by atoms with Crippen molar-refractivity contribution in [1.29, 1.82) is 0 Å². The standard InChI is InChI=1S/C15H16O2S/c1-3-4-11-5-7-12(8-6-11)15(16)14-9-13(17-2)10-18-14/h5-10H,3-4H2,1-2H3. The van der Waals surface area contributed by atoms with Crippen molar-refractivity contribution in [3.63, 3.8) is 0 Å². The summed E-state index contributed by atoms with van der Waals surface area (Å²) in [7, 11) is 1.61. The Morgan fingerprint density at radius 2 is 2.00 bits per heavy atom. The van der Waals surface area contributed by atoms with Gasteiger partial charge in [0, 0.05) is 17.0 Å². The van der Waals surface area contributed by atoms with Crippen molar-refractivity contribution in [2.75, 3.05) is 7.11 Å². The summed E-state index contributed by atoms with van der Waals surface area (Å²) in [5, 5.41) is 1.85. The highest BCUT2D eigenvalue weighted by atomic mass is 32.1. The summed E-state index contributed by atoms with van der Waals surface area (Å²) < 4.78 is 5.09. The molecule has 0 saturated carbocycles. The van der Waals surface area contributed by atoms with Crippen LogP contribution in [0.15, 0.2) is 35.7 Å². The first kappa shape index (κ1) is 12.8. The average molecular weight is 260 g/mol. The minimum absolute atomic E-state index is 0.0614. The third kappa shape index (κ3) is 2.79. The Bertz CT molecular complexity index is 526. The van der Waals surface area contributed by atoms with Crippen LogP contribution >= 0.6 is 11.3 Å². The van der Waals surface area contributed by atoms with Gasteiger partial charge in [0.15, 0.2) is 0 Å². The minimum atomic E-state index is 0.0614. The van der Waals surface area contributed by atoms with Crippen LogP contribution in [-0.4, -0.2) is 12.9 Å². The number of ether oxygens (including phenoxy) is 1. The van der Waals surface area contributed by atoms with Crippen molar-refractivity contribution in [2.45, 2.75) is 19.8 Å². The molecule has 0 aliphatic carbocycles. The molecule has 0 N–H and O–H groups in total. The maximum Gasteiger partial charge on any atom is 0.203 e. The first-order valence-electron chi connectivity index (χ1n) is 6.00. The Kier molecular flexibility index (Phi) is 4.15. The van der Waals surface area contributed by atoms with Gasteiger partial charge in [-0.1, -0.05) is 37.6 Å². The predicted molar refractivity (Wildman–Crippen MR) is 74.7 cm³/mol. The maximum atomic E-state index is 12.2. The monoisotopic (exact) mass is 260 g/mol. The summed E-state index contributed by atoms with van der Waals surface area (Å²) in [5.41, 5.74) is 2.01. The van der Waals surface area contributed by atoms with Crippen molar-refractivity contribution in [1.82, 2.24) is 0 Å². The fourth-order valence-corrected chi connectivity index (χ4v) is 2.62. The Balaban J connectivity index is 2.17. The molecule has 0 unspecified atom stereocenters. The number of rotatable bonds is 5. The average Bonchev–Trinajstić information content (AvgIpc) is 2.88. The number of ketones is 1. The van der Waals surface area contributed by atoms with Crippen molar-refractivity contribution in [3.8, 4) is 5.75 Å². The van der Waals surface area contributed by atoms with Gasteiger partial charge in [0.25, 0.3) is 0 Å². The molecule has 1 heterocycles. The van der Waals surface area contributed by atoms with Crippen LogP contribution in [0.25, 0.3) is 0 Å². The molecule has 0 atom stereocenters. The molecule has 0 fully saturated rings. The van der Waals surface area contributed by atoms with Crippen LogP contribution in [0, 0.1) is 0 Å². The predicted octanol–water partition coefficient (Wildman–Crippen LogP) is 3.94. The van der Waals surface area contributed by atoms with E-state index in [-0.39, 0.29) is 5.78 Å². The molecule has 0 radical (unpaired) electrons. The zero-order valence-electron chi connectivity index (χ0n) is 10.6. The van der Waals surface area contributed by atoms with Crippen molar-refractivity contribution in [2.24, 2.45) is 0 Å². The van der Waals surface area contributed by atoms with Crippen LogP contribution in [0.5, 0.6) is 5.75 Å². The fourth-order valence-electron chi connectivity index (χ4n) is 1.80. The van der Waals surface area contributed by atoms with E-state index in [9.17, 15) is 4.79 Å². The van der Waals surface area contributed by atoms with E-state index in [1.165, 1.54) is 16.9 Å². The summed E-state index contributed by atoms with van der Waals surface area (Å²) in [5.74, 6) is 0.803. The highest BCUT2D eigenvalue weighted by Crippen LogP contribution is 2.23. The highest BCUT2D eigenvalue weighted by Gasteiger charge is 2.11. The van der Waals surface area contributed by atoms with E-state index in [0.29, 0.717) is 0 Å². The van der Waals surface area contributed by atoms with Crippen molar-refractivity contribution < 1.29 is 9.53 Å². The molecule has 0 saturated heterocycles. The molecule has 0 spiro atoms. The summed E-state index contributed by atoms with van der Waals surface area (Å²) in [4.78, 5) is 12.9. The first-order valence-corrected chi connectivity index (χ1v) is 6.88. The molecule has 94 valence electrons. The summed E-state index contributed by atoms with van der Waals surface area (Å²) in [6, 6.07) is 9.65. The highest BCUT2D eigenvalue weighted by molar-refractivity contribution is 7.12. The Labute approximate surface area is 111 Å². The number of methoxy groups -OCH3 is 1. The number of hydrogen-bond donors (Lipinski definition) is 0. The van der Waals surface area contributed by atoms with Gasteiger partial charge < -0.3 is 4.74 Å². The third-order valence-electron chi connectivity index (χ3n) is 2.79. The lowest BCUT2D eigenvalue weighted by Gasteiger charge is -2.01. The number of thiophene rings is 1. The Morgan fingerprint density at radius 3 is 2.56 bits per heavy atom. The second kappa shape index (κ2) is 5.83. The van der Waals surface area contributed by atoms with Crippen molar-refractivity contribution >= 4 is 17.1 Å². The largest absolute Gasteiger partial charge is 0.496 e. The van der Waals surface area contributed by atoms with Gasteiger partial charge in [-0.05, 0) is 12.0 Å². The van der Waals surface area contributed by atoms with Gasteiger partial charge in [0.1, 0.15) is 5.75 Å². The number of carbonyl (C=O) groups is 1. The van der Waals surface area contributed by atoms with Gasteiger partial charge in [-0.15, -0.1) is 11.3 Å². The van der Waals surface area contributed by atoms with Gasteiger partial charge >= 0.3 is 0 Å². The molecule has 3 heteroatoms. The van der Waals surface area contributed by atoms with Crippen LogP contribution in [0.4, 0.5) is 0 Å². The molecule has 1 aromatic heterocycles. The molecule has 0 aliphatic rings. The number of benzene rings is 1. The molecular weight excluding hydrogens is 244 g/mol. The number of carbonyl (C=O) groups excluding carboxylic acids is 1. The van der Waals surface area contributed by atoms with Crippen LogP contribution in [0.3, 0.4) is 0 Å². The minimum Gasteiger partial charge on any atom is -0.496 e. The fraction of sp³-hybridized carbons (Fsp3) is 0.267. The first-order chi connectivity index (χ1) is 8.74. The third-order valence-corrected chi connectivity index (χ3v) is 3.70. The lowest BCUT2D eigenvalue weighted by atomic mass is 10.0. The SMILES string of the molecule is CCCc1ccc(C(=O)c2cc(OC)cs2)cc1. The van der Waals surface area contributed by atoms with Gasteiger partial charge in [0.05, 0.1) is 12.0 Å². The molecule has 2 nitrogen and oxygen atoms in total. The van der Waals surface area contributed by atoms with Crippen LogP contribution < -0.4 is 4.74 Å². The molecule has 18 heavy (non-hydrogen) atoms. The van der Waals surface area contributed by atoms with E-state index in [0.717, 1.165) is 29.0 Å². The zero-order chi connectivity index (χ0) is 13.0. The maximum absolute atomic E-state index is 12.2. The summed E-state index contributed by atoms with van der Waals surface area (Å²) in [6.07, 6.45) is 2.18. The molecule has 2 rings (SSSR count). The van der Waals surface area contributed by atoms with Crippen LogP contribution in [-0.2, 0) is 6.42 Å². The second-order valence-corrected chi connectivity index (χ2v) is 5.04.